The minimum Gasteiger partial charge on any atom is -0.444 e. The molecule has 1 saturated heterocycles. The van der Waals surface area contributed by atoms with Gasteiger partial charge in [-0.05, 0) is 61.1 Å². The first kappa shape index (κ1) is 38.8. The van der Waals surface area contributed by atoms with Gasteiger partial charge in [-0.1, -0.05) is 49.1 Å². The minimum atomic E-state index is -4.64. The number of Topliss-reactive ketones (excluding diaryl/α,β-unsaturated/α-hetero) is 1. The number of fused-ring (bicyclic) bond motifs is 1. The molecule has 7 rings (SSSR count). The summed E-state index contributed by atoms with van der Waals surface area (Å²) < 4.78 is 74.0. The van der Waals surface area contributed by atoms with Gasteiger partial charge < -0.3 is 9.64 Å². The van der Waals surface area contributed by atoms with Crippen LogP contribution in [-0.2, 0) is 54.8 Å². The maximum Gasteiger partial charge on any atom is 0.434 e. The molecule has 17 heteroatoms. The zero-order chi connectivity index (χ0) is 38.6. The molecule has 1 aromatic heterocycles. The van der Waals surface area contributed by atoms with Crippen LogP contribution < -0.4 is 4.72 Å². The van der Waals surface area contributed by atoms with E-state index in [-0.39, 0.29) is 56.2 Å². The Morgan fingerprint density at radius 3 is 2.50 bits per heavy atom. The van der Waals surface area contributed by atoms with Gasteiger partial charge in [0.05, 0.1) is 34.8 Å². The Hall–Kier alpha value is -3.50. The zero-order valence-corrected chi connectivity index (χ0v) is 31.9. The Morgan fingerprint density at radius 2 is 1.87 bits per heavy atom. The summed E-state index contributed by atoms with van der Waals surface area (Å²) in [6, 6.07) is 4.25. The number of aromatic nitrogens is 1. The summed E-state index contributed by atoms with van der Waals surface area (Å²) in [5.41, 5.74) is -0.734. The molecule has 0 bridgehead atoms. The number of carbonyl (C=O) groups is 4. The van der Waals surface area contributed by atoms with Crippen LogP contribution in [0.1, 0.15) is 86.0 Å². The largest absolute Gasteiger partial charge is 0.444 e. The molecule has 1 N–H and O–H groups in total. The van der Waals surface area contributed by atoms with Gasteiger partial charge in [0.25, 0.3) is 0 Å². The fraction of sp³-hybridized carbons (Fsp3) is 0.595. The lowest BCUT2D eigenvalue weighted by Crippen LogP contribution is -2.48. The van der Waals surface area contributed by atoms with E-state index in [4.69, 9.17) is 16.3 Å². The number of thiazole rings is 1. The van der Waals surface area contributed by atoms with E-state index in [1.165, 1.54) is 15.9 Å². The Bertz CT molecular complexity index is 1950. The molecule has 3 aliphatic carbocycles. The number of benzene rings is 1. The van der Waals surface area contributed by atoms with E-state index in [1.54, 1.807) is 12.1 Å². The quantitative estimate of drug-likeness (QED) is 0.242. The summed E-state index contributed by atoms with van der Waals surface area (Å²) in [6.45, 7) is 4.11. The highest BCUT2D eigenvalue weighted by Crippen LogP contribution is 2.57. The van der Waals surface area contributed by atoms with E-state index in [0.29, 0.717) is 30.7 Å². The number of rotatable bonds is 12. The summed E-state index contributed by atoms with van der Waals surface area (Å²) >= 11 is 7.19. The summed E-state index contributed by atoms with van der Waals surface area (Å²) in [6.07, 6.45) is -0.109. The fourth-order valence-electron chi connectivity index (χ4n) is 8.40. The molecule has 0 spiro atoms. The molecule has 3 saturated carbocycles. The third kappa shape index (κ3) is 7.93. The van der Waals surface area contributed by atoms with Crippen molar-refractivity contribution in [3.63, 3.8) is 0 Å². The number of hydrogen-bond donors (Lipinski definition) is 1. The number of halogens is 4. The number of sulfonamides is 1. The van der Waals surface area contributed by atoms with Crippen LogP contribution in [0, 0.1) is 23.2 Å². The van der Waals surface area contributed by atoms with E-state index in [9.17, 15) is 40.8 Å². The van der Waals surface area contributed by atoms with Crippen molar-refractivity contribution >= 4 is 56.7 Å². The number of carbonyl (C=O) groups excluding carboxylic acids is 4. The molecular weight excluding hydrogens is 769 g/mol. The van der Waals surface area contributed by atoms with Gasteiger partial charge in [-0.3, -0.25) is 24.0 Å². The van der Waals surface area contributed by atoms with Crippen LogP contribution in [0.25, 0.3) is 0 Å². The highest BCUT2D eigenvalue weighted by molar-refractivity contribution is 7.90. The number of amides is 3. The van der Waals surface area contributed by atoms with Crippen molar-refractivity contribution in [2.45, 2.75) is 107 Å². The molecule has 0 radical (unpaired) electrons. The van der Waals surface area contributed by atoms with E-state index in [1.807, 2.05) is 6.07 Å². The number of likely N-dealkylation sites (tertiary alicyclic amines) is 1. The number of hydrogen-bond acceptors (Lipinski definition) is 9. The Morgan fingerprint density at radius 1 is 1.13 bits per heavy atom. The lowest BCUT2D eigenvalue weighted by Gasteiger charge is -2.34. The number of ether oxygens (including phenoxy) is 1. The van der Waals surface area contributed by atoms with Crippen molar-refractivity contribution in [1.82, 2.24) is 19.5 Å². The van der Waals surface area contributed by atoms with Crippen LogP contribution in [-0.4, -0.2) is 70.8 Å². The smallest absolute Gasteiger partial charge is 0.434 e. The van der Waals surface area contributed by atoms with E-state index >= 15 is 0 Å². The minimum absolute atomic E-state index is 0.0528. The molecule has 11 nitrogen and oxygen atoms in total. The summed E-state index contributed by atoms with van der Waals surface area (Å²) in [5, 5.41) is 0.944. The highest BCUT2D eigenvalue weighted by atomic mass is 35.5. The molecule has 2 aromatic rings. The van der Waals surface area contributed by atoms with E-state index in [0.717, 1.165) is 47.1 Å². The van der Waals surface area contributed by atoms with Gasteiger partial charge in [-0.15, -0.1) is 17.9 Å². The third-order valence-corrected chi connectivity index (χ3v) is 14.7. The third-order valence-electron chi connectivity index (χ3n) is 11.7. The van der Waals surface area contributed by atoms with Gasteiger partial charge in [0.15, 0.2) is 11.5 Å². The number of alkyl halides is 3. The van der Waals surface area contributed by atoms with Gasteiger partial charge in [0, 0.05) is 42.1 Å². The van der Waals surface area contributed by atoms with Gasteiger partial charge >= 0.3 is 12.3 Å². The molecule has 3 heterocycles. The average Bonchev–Trinajstić information content (AvgIpc) is 3.93. The number of allylic oxidation sites excluding steroid dienone is 1. The molecule has 5 aliphatic rings. The normalized spacial score (nSPS) is 26.3. The van der Waals surface area contributed by atoms with E-state index < -0.39 is 80.2 Å². The first-order valence-electron chi connectivity index (χ1n) is 18.3. The standard InChI is InChI=1S/C37H42ClF3N4O7S2/c1-2-23-15-36(23,34(48)43-54(50,51)25-11-12-25)16-30(46)29-13-24(52-35(49)44-17-22-9-6-10-28(38)27(22)19-44)18-45(29)33(47)26(21-7-4-3-5-8-21)14-32-42-31(20-53-32)37(39,40)41/h2,6,9-10,20-21,23-26,29H,1,3-5,7-8,11-19H2,(H,43,48)/t23-,24-,26+,29+,36-/m1/s1. The Labute approximate surface area is 320 Å². The van der Waals surface area contributed by atoms with E-state index in [2.05, 4.69) is 16.3 Å². The fourth-order valence-corrected chi connectivity index (χ4v) is 10.9. The average molecular weight is 811 g/mol. The molecular formula is C37H42ClF3N4O7S2. The van der Waals surface area contributed by atoms with Gasteiger partial charge in [0.1, 0.15) is 6.10 Å². The number of nitrogens with zero attached hydrogens (tertiary/aromatic N) is 3. The maximum absolute atomic E-state index is 14.7. The zero-order valence-electron chi connectivity index (χ0n) is 29.5. The van der Waals surface area contributed by atoms with Crippen molar-refractivity contribution in [2.75, 3.05) is 6.54 Å². The summed E-state index contributed by atoms with van der Waals surface area (Å²) in [5.74, 6) is -3.17. The Kier molecular flexibility index (Phi) is 10.7. The van der Waals surface area contributed by atoms with Crippen LogP contribution in [0.4, 0.5) is 18.0 Å². The van der Waals surface area contributed by atoms with Crippen molar-refractivity contribution in [3.05, 3.63) is 63.1 Å². The second-order valence-electron chi connectivity index (χ2n) is 15.3. The van der Waals surface area contributed by atoms with Crippen LogP contribution in [0.5, 0.6) is 0 Å². The monoisotopic (exact) mass is 810 g/mol. The van der Waals surface area contributed by atoms with Crippen molar-refractivity contribution in [2.24, 2.45) is 23.2 Å². The second kappa shape index (κ2) is 14.9. The maximum atomic E-state index is 14.7. The lowest BCUT2D eigenvalue weighted by molar-refractivity contribution is -0.143. The molecule has 54 heavy (non-hydrogen) atoms. The molecule has 2 aliphatic heterocycles. The second-order valence-corrected chi connectivity index (χ2v) is 18.6. The van der Waals surface area contributed by atoms with Gasteiger partial charge in [0.2, 0.25) is 21.8 Å². The first-order valence-corrected chi connectivity index (χ1v) is 21.1. The molecule has 5 atom stereocenters. The molecule has 4 fully saturated rings. The number of ketones is 1. The van der Waals surface area contributed by atoms with Crippen LogP contribution >= 0.6 is 22.9 Å². The summed E-state index contributed by atoms with van der Waals surface area (Å²) in [4.78, 5) is 62.8. The van der Waals surface area contributed by atoms with Crippen LogP contribution in [0.3, 0.4) is 0 Å². The number of nitrogens with one attached hydrogen (secondary N) is 1. The summed E-state index contributed by atoms with van der Waals surface area (Å²) in [7, 11) is -3.91. The van der Waals surface area contributed by atoms with Crippen LogP contribution in [0.15, 0.2) is 36.2 Å². The first-order chi connectivity index (χ1) is 25.6. The molecule has 0 unspecified atom stereocenters. The van der Waals surface area contributed by atoms with Crippen molar-refractivity contribution in [1.29, 1.82) is 0 Å². The van der Waals surface area contributed by atoms with Crippen LogP contribution in [0.2, 0.25) is 5.02 Å². The molecule has 292 valence electrons. The predicted octanol–water partition coefficient (Wildman–Crippen LogP) is 6.44. The molecule has 3 amide bonds. The Balaban J connectivity index is 1.14. The molecule has 1 aromatic carbocycles. The SMILES string of the molecule is C=C[C@@H]1C[C@]1(CC(=O)[C@@H]1C[C@@H](OC(=O)N2Cc3cccc(Cl)c3C2)CN1C(=O)[C@@H](Cc1nc(C(F)(F)F)cs1)C1CCCCC1)C(=O)NS(=O)(=O)C1CC1. The van der Waals surface area contributed by atoms with Gasteiger partial charge in [-0.25, -0.2) is 18.2 Å². The lowest BCUT2D eigenvalue weighted by atomic mass is 9.77. The van der Waals surface area contributed by atoms with Gasteiger partial charge in [-0.2, -0.15) is 13.2 Å². The topological polar surface area (TPSA) is 143 Å². The predicted molar refractivity (Wildman–Crippen MR) is 192 cm³/mol. The highest BCUT2D eigenvalue weighted by Gasteiger charge is 2.61. The van der Waals surface area contributed by atoms with Crippen molar-refractivity contribution in [3.8, 4) is 0 Å². The van der Waals surface area contributed by atoms with Crippen molar-refractivity contribution < 1.29 is 45.5 Å².